The van der Waals surface area contributed by atoms with E-state index in [2.05, 4.69) is 0 Å². The van der Waals surface area contributed by atoms with E-state index in [4.69, 9.17) is 10.5 Å². The summed E-state index contributed by atoms with van der Waals surface area (Å²) in [6.45, 7) is 5.61. The third kappa shape index (κ3) is 1.91. The van der Waals surface area contributed by atoms with Gasteiger partial charge in [0.1, 0.15) is 0 Å². The van der Waals surface area contributed by atoms with Crippen molar-refractivity contribution in [2.24, 2.45) is 5.92 Å². The van der Waals surface area contributed by atoms with Gasteiger partial charge in [-0.05, 0) is 26.3 Å². The second kappa shape index (κ2) is 3.69. The van der Waals surface area contributed by atoms with Crippen LogP contribution < -0.4 is 0 Å². The normalized spacial score (nSPS) is 8.20. The fourth-order valence-corrected chi connectivity index (χ4v) is 0.511. The van der Waals surface area contributed by atoms with Gasteiger partial charge in [-0.25, -0.2) is 0 Å². The Bertz CT molecular complexity index is 207. The van der Waals surface area contributed by atoms with Crippen LogP contribution in [0, 0.1) is 28.6 Å². The Morgan fingerprint density at radius 2 is 1.50 bits per heavy atom. The van der Waals surface area contributed by atoms with Gasteiger partial charge in [0.25, 0.3) is 0 Å². The molecule has 0 rings (SSSR count). The number of nitriles is 2. The summed E-state index contributed by atoms with van der Waals surface area (Å²) in [5.74, 6) is -0.565. The number of nitrogens with zero attached hydrogens (tertiary/aromatic N) is 2. The van der Waals surface area contributed by atoms with Gasteiger partial charge < -0.3 is 0 Å². The Hall–Kier alpha value is -1.28. The highest BCUT2D eigenvalue weighted by Gasteiger charge is 2.07. The van der Waals surface area contributed by atoms with E-state index in [-0.39, 0.29) is 0 Å². The summed E-state index contributed by atoms with van der Waals surface area (Å²) in [7, 11) is 0. The van der Waals surface area contributed by atoms with E-state index in [0.29, 0.717) is 0 Å². The highest BCUT2D eigenvalue weighted by atomic mass is 14.3. The molecule has 2 nitrogen and oxygen atoms in total. The highest BCUT2D eigenvalue weighted by Crippen LogP contribution is 2.12. The number of allylic oxidation sites excluding steroid dienone is 2. The van der Waals surface area contributed by atoms with Crippen LogP contribution in [0.5, 0.6) is 0 Å². The van der Waals surface area contributed by atoms with Gasteiger partial charge in [0.15, 0.2) is 5.92 Å². The predicted molar refractivity (Wildman–Crippen MR) is 38.8 cm³/mol. The Morgan fingerprint density at radius 1 is 1.10 bits per heavy atom. The molecule has 2 heteroatoms. The quantitative estimate of drug-likeness (QED) is 0.515. The topological polar surface area (TPSA) is 47.6 Å². The SMILES string of the molecule is CC(C)=C(C)C(C#N)C#N. The maximum Gasteiger partial charge on any atom is 0.154 e. The van der Waals surface area contributed by atoms with Gasteiger partial charge in [-0.15, -0.1) is 0 Å². The molecule has 0 aromatic heterocycles. The lowest BCUT2D eigenvalue weighted by atomic mass is 10.00. The zero-order chi connectivity index (χ0) is 8.15. The largest absolute Gasteiger partial charge is 0.197 e. The molecular weight excluding hydrogens is 124 g/mol. The summed E-state index contributed by atoms with van der Waals surface area (Å²) in [6.07, 6.45) is 0. The molecule has 0 aliphatic rings. The first-order valence-electron chi connectivity index (χ1n) is 3.06. The molecule has 0 aliphatic heterocycles. The summed E-state index contributed by atoms with van der Waals surface area (Å²) >= 11 is 0. The molecule has 0 aromatic carbocycles. The fraction of sp³-hybridized carbons (Fsp3) is 0.500. The van der Waals surface area contributed by atoms with Crippen LogP contribution >= 0.6 is 0 Å². The van der Waals surface area contributed by atoms with Crippen molar-refractivity contribution in [1.29, 1.82) is 10.5 Å². The van der Waals surface area contributed by atoms with E-state index in [9.17, 15) is 0 Å². The molecule has 0 radical (unpaired) electrons. The summed E-state index contributed by atoms with van der Waals surface area (Å²) in [6, 6.07) is 3.83. The van der Waals surface area contributed by atoms with Crippen LogP contribution in [0.4, 0.5) is 0 Å². The standard InChI is InChI=1S/C8H10N2/c1-6(2)7(3)8(4-9)5-10/h8H,1-3H3. The zero-order valence-corrected chi connectivity index (χ0v) is 6.47. The van der Waals surface area contributed by atoms with E-state index in [1.807, 2.05) is 32.9 Å². The van der Waals surface area contributed by atoms with Crippen molar-refractivity contribution in [1.82, 2.24) is 0 Å². The van der Waals surface area contributed by atoms with Crippen molar-refractivity contribution >= 4 is 0 Å². The molecule has 0 atom stereocenters. The predicted octanol–water partition coefficient (Wildman–Crippen LogP) is 2.01. The van der Waals surface area contributed by atoms with Crippen LogP contribution in [-0.2, 0) is 0 Å². The minimum Gasteiger partial charge on any atom is -0.197 e. The van der Waals surface area contributed by atoms with Gasteiger partial charge >= 0.3 is 0 Å². The van der Waals surface area contributed by atoms with Crippen molar-refractivity contribution < 1.29 is 0 Å². The molecule has 0 N–H and O–H groups in total. The first kappa shape index (κ1) is 8.72. The molecule has 0 saturated heterocycles. The Balaban J connectivity index is 4.55. The maximum absolute atomic E-state index is 8.44. The molecule has 0 unspecified atom stereocenters. The van der Waals surface area contributed by atoms with Gasteiger partial charge in [0.2, 0.25) is 0 Å². The van der Waals surface area contributed by atoms with Crippen molar-refractivity contribution in [2.45, 2.75) is 20.8 Å². The van der Waals surface area contributed by atoms with Gasteiger partial charge in [0.05, 0.1) is 12.1 Å². The number of hydrogen-bond acceptors (Lipinski definition) is 2. The molecular formula is C8H10N2. The summed E-state index contributed by atoms with van der Waals surface area (Å²) in [5.41, 5.74) is 1.91. The number of rotatable bonds is 1. The van der Waals surface area contributed by atoms with Crippen LogP contribution in [0.3, 0.4) is 0 Å². The average molecular weight is 134 g/mol. The lowest BCUT2D eigenvalue weighted by molar-refractivity contribution is 0.964. The molecule has 0 saturated carbocycles. The molecule has 0 aliphatic carbocycles. The highest BCUT2D eigenvalue weighted by molar-refractivity contribution is 5.23. The van der Waals surface area contributed by atoms with Gasteiger partial charge in [0, 0.05) is 0 Å². The van der Waals surface area contributed by atoms with Gasteiger partial charge in [-0.2, -0.15) is 10.5 Å². The Labute approximate surface area is 61.4 Å². The van der Waals surface area contributed by atoms with Gasteiger partial charge in [-0.1, -0.05) is 5.57 Å². The summed E-state index contributed by atoms with van der Waals surface area (Å²) < 4.78 is 0. The summed E-state index contributed by atoms with van der Waals surface area (Å²) in [5, 5.41) is 16.9. The monoisotopic (exact) mass is 134 g/mol. The summed E-state index contributed by atoms with van der Waals surface area (Å²) in [4.78, 5) is 0. The molecule has 0 aromatic rings. The minimum absolute atomic E-state index is 0.565. The van der Waals surface area contributed by atoms with Crippen LogP contribution in [0.15, 0.2) is 11.1 Å². The molecule has 0 bridgehead atoms. The van der Waals surface area contributed by atoms with Gasteiger partial charge in [-0.3, -0.25) is 0 Å². The molecule has 0 heterocycles. The Morgan fingerprint density at radius 3 is 1.60 bits per heavy atom. The molecule has 52 valence electrons. The first-order valence-corrected chi connectivity index (χ1v) is 3.06. The minimum atomic E-state index is -0.565. The van der Waals surface area contributed by atoms with Crippen molar-refractivity contribution in [3.05, 3.63) is 11.1 Å². The third-order valence-electron chi connectivity index (χ3n) is 1.48. The van der Waals surface area contributed by atoms with Crippen LogP contribution in [0.2, 0.25) is 0 Å². The zero-order valence-electron chi connectivity index (χ0n) is 6.47. The molecule has 10 heavy (non-hydrogen) atoms. The average Bonchev–Trinajstić information content (AvgIpc) is 1.90. The van der Waals surface area contributed by atoms with Crippen LogP contribution in [0.1, 0.15) is 20.8 Å². The first-order chi connectivity index (χ1) is 4.63. The second-order valence-corrected chi connectivity index (χ2v) is 2.37. The van der Waals surface area contributed by atoms with E-state index >= 15 is 0 Å². The smallest absolute Gasteiger partial charge is 0.154 e. The maximum atomic E-state index is 8.44. The van der Waals surface area contributed by atoms with E-state index in [1.165, 1.54) is 0 Å². The van der Waals surface area contributed by atoms with Crippen molar-refractivity contribution in [2.75, 3.05) is 0 Å². The lowest BCUT2D eigenvalue weighted by Crippen LogP contribution is -1.95. The van der Waals surface area contributed by atoms with E-state index in [0.717, 1.165) is 11.1 Å². The number of hydrogen-bond donors (Lipinski definition) is 0. The second-order valence-electron chi connectivity index (χ2n) is 2.37. The van der Waals surface area contributed by atoms with Crippen molar-refractivity contribution in [3.63, 3.8) is 0 Å². The van der Waals surface area contributed by atoms with E-state index < -0.39 is 5.92 Å². The third-order valence-corrected chi connectivity index (χ3v) is 1.48. The Kier molecular flexibility index (Phi) is 3.22. The van der Waals surface area contributed by atoms with E-state index in [1.54, 1.807) is 0 Å². The fourth-order valence-electron chi connectivity index (χ4n) is 0.511. The van der Waals surface area contributed by atoms with Crippen LogP contribution in [0.25, 0.3) is 0 Å². The van der Waals surface area contributed by atoms with Crippen LogP contribution in [-0.4, -0.2) is 0 Å². The molecule has 0 fully saturated rings. The molecule has 0 amide bonds. The van der Waals surface area contributed by atoms with Crippen molar-refractivity contribution in [3.8, 4) is 12.1 Å². The lowest BCUT2D eigenvalue weighted by Gasteiger charge is -2.00. The molecule has 0 spiro atoms.